The van der Waals surface area contributed by atoms with Crippen LogP contribution in [0.5, 0.6) is 0 Å². The molecule has 7 nitrogen and oxygen atoms in total. The quantitative estimate of drug-likeness (QED) is 0.476. The maximum absolute atomic E-state index is 12.9. The van der Waals surface area contributed by atoms with Gasteiger partial charge in [-0.1, -0.05) is 41.6 Å². The molecule has 4 aromatic rings. The minimum atomic E-state index is -0.389. The van der Waals surface area contributed by atoms with Gasteiger partial charge in [-0.2, -0.15) is 4.98 Å². The van der Waals surface area contributed by atoms with Crippen molar-refractivity contribution in [2.75, 3.05) is 5.32 Å². The lowest BCUT2D eigenvalue weighted by atomic mass is 10.1. The number of aryl methyl sites for hydroxylation is 1. The molecule has 8 heteroatoms. The van der Waals surface area contributed by atoms with Crippen molar-refractivity contribution in [2.45, 2.75) is 13.5 Å². The zero-order chi connectivity index (χ0) is 21.1. The van der Waals surface area contributed by atoms with Gasteiger partial charge in [-0.05, 0) is 52.7 Å². The predicted octanol–water partition coefficient (Wildman–Crippen LogP) is 4.27. The molecule has 0 aliphatic rings. The number of benzene rings is 2. The highest BCUT2D eigenvalue weighted by Crippen LogP contribution is 2.23. The maximum Gasteiger partial charge on any atom is 0.263 e. The average Bonchev–Trinajstić information content (AvgIpc) is 3.21. The topological polar surface area (TPSA) is 90.0 Å². The Morgan fingerprint density at radius 3 is 2.60 bits per heavy atom. The number of para-hydroxylation sites is 1. The monoisotopic (exact) mass is 464 g/mol. The third-order valence-corrected chi connectivity index (χ3v) is 5.22. The van der Waals surface area contributed by atoms with Crippen LogP contribution in [0, 0.1) is 6.92 Å². The van der Waals surface area contributed by atoms with Gasteiger partial charge in [0.15, 0.2) is 0 Å². The molecule has 2 heterocycles. The molecule has 30 heavy (non-hydrogen) atoms. The van der Waals surface area contributed by atoms with E-state index in [-0.39, 0.29) is 29.5 Å². The zero-order valence-electron chi connectivity index (χ0n) is 16.0. The van der Waals surface area contributed by atoms with Crippen molar-refractivity contribution in [3.05, 3.63) is 87.3 Å². The minimum Gasteiger partial charge on any atom is -0.333 e. The summed E-state index contributed by atoms with van der Waals surface area (Å²) < 4.78 is 7.39. The first-order valence-electron chi connectivity index (χ1n) is 9.17. The van der Waals surface area contributed by atoms with Gasteiger partial charge in [-0.3, -0.25) is 9.59 Å². The van der Waals surface area contributed by atoms with Gasteiger partial charge in [0.05, 0.1) is 5.69 Å². The van der Waals surface area contributed by atoms with Gasteiger partial charge in [-0.15, -0.1) is 0 Å². The molecule has 150 valence electrons. The zero-order valence-corrected chi connectivity index (χ0v) is 17.6. The molecule has 4 rings (SSSR count). The van der Waals surface area contributed by atoms with Crippen LogP contribution in [0.2, 0.25) is 0 Å². The molecule has 0 fully saturated rings. The van der Waals surface area contributed by atoms with Crippen LogP contribution >= 0.6 is 15.9 Å². The molecule has 0 aliphatic heterocycles. The third-order valence-electron chi connectivity index (χ3n) is 4.52. The summed E-state index contributed by atoms with van der Waals surface area (Å²) in [6.07, 6.45) is 1.55. The normalized spacial score (nSPS) is 10.7. The Kier molecular flexibility index (Phi) is 5.58. The number of hydrogen-bond acceptors (Lipinski definition) is 5. The average molecular weight is 465 g/mol. The molecule has 0 saturated heterocycles. The number of aromatic nitrogens is 3. The van der Waals surface area contributed by atoms with Crippen LogP contribution in [-0.4, -0.2) is 20.6 Å². The van der Waals surface area contributed by atoms with Crippen LogP contribution in [0.25, 0.3) is 22.8 Å². The van der Waals surface area contributed by atoms with E-state index in [4.69, 9.17) is 4.52 Å². The molecular weight excluding hydrogens is 448 g/mol. The number of carbonyl (C=O) groups is 1. The van der Waals surface area contributed by atoms with Crippen LogP contribution in [-0.2, 0) is 11.3 Å². The number of halogens is 1. The Labute approximate surface area is 180 Å². The Bertz CT molecular complexity index is 1280. The van der Waals surface area contributed by atoms with Crippen molar-refractivity contribution >= 4 is 27.5 Å². The van der Waals surface area contributed by atoms with Crippen molar-refractivity contribution < 1.29 is 9.32 Å². The molecule has 0 bridgehead atoms. The Balaban J connectivity index is 1.58. The minimum absolute atomic E-state index is 0.110. The highest BCUT2D eigenvalue weighted by Gasteiger charge is 2.17. The number of nitrogens with one attached hydrogen (secondary N) is 1. The first-order valence-corrected chi connectivity index (χ1v) is 9.96. The van der Waals surface area contributed by atoms with Gasteiger partial charge in [-0.25, -0.2) is 0 Å². The molecule has 1 N–H and O–H groups in total. The molecule has 2 aromatic heterocycles. The summed E-state index contributed by atoms with van der Waals surface area (Å²) in [6, 6.07) is 18.2. The van der Waals surface area contributed by atoms with Crippen molar-refractivity contribution in [2.24, 2.45) is 0 Å². The SMILES string of the molecule is Cc1ccccc1-c1noc(-c2cccn(CC(=O)Nc3ccccc3Br)c2=O)n1. The lowest BCUT2D eigenvalue weighted by Crippen LogP contribution is -2.28. The summed E-state index contributed by atoms with van der Waals surface area (Å²) in [4.78, 5) is 29.7. The fraction of sp³-hybridized carbons (Fsp3) is 0.0909. The van der Waals surface area contributed by atoms with E-state index in [2.05, 4.69) is 31.4 Å². The number of pyridine rings is 1. The number of anilines is 1. The van der Waals surface area contributed by atoms with E-state index in [9.17, 15) is 9.59 Å². The maximum atomic E-state index is 12.9. The number of nitrogens with zero attached hydrogens (tertiary/aromatic N) is 3. The van der Waals surface area contributed by atoms with Gasteiger partial charge < -0.3 is 14.4 Å². The smallest absolute Gasteiger partial charge is 0.263 e. The fourth-order valence-electron chi connectivity index (χ4n) is 3.00. The number of carbonyl (C=O) groups excluding carboxylic acids is 1. The van der Waals surface area contributed by atoms with E-state index in [1.807, 2.05) is 49.4 Å². The largest absolute Gasteiger partial charge is 0.333 e. The Morgan fingerprint density at radius 2 is 1.80 bits per heavy atom. The summed E-state index contributed by atoms with van der Waals surface area (Å²) in [5, 5.41) is 6.78. The van der Waals surface area contributed by atoms with Crippen LogP contribution in [0.15, 0.2) is 80.7 Å². The molecule has 1 amide bonds. The van der Waals surface area contributed by atoms with Crippen LogP contribution in [0.3, 0.4) is 0 Å². The van der Waals surface area contributed by atoms with E-state index in [0.717, 1.165) is 15.6 Å². The highest BCUT2D eigenvalue weighted by molar-refractivity contribution is 9.10. The van der Waals surface area contributed by atoms with Crippen LogP contribution in [0.1, 0.15) is 5.56 Å². The summed E-state index contributed by atoms with van der Waals surface area (Å²) >= 11 is 3.38. The molecule has 0 saturated carbocycles. The Morgan fingerprint density at radius 1 is 1.07 bits per heavy atom. The van der Waals surface area contributed by atoms with Crippen molar-refractivity contribution in [3.8, 4) is 22.8 Å². The Hall–Kier alpha value is -3.52. The van der Waals surface area contributed by atoms with Crippen LogP contribution in [0.4, 0.5) is 5.69 Å². The number of hydrogen-bond donors (Lipinski definition) is 1. The third kappa shape index (κ3) is 4.08. The molecule has 0 radical (unpaired) electrons. The highest BCUT2D eigenvalue weighted by atomic mass is 79.9. The van der Waals surface area contributed by atoms with Crippen molar-refractivity contribution in [3.63, 3.8) is 0 Å². The number of amides is 1. The summed E-state index contributed by atoms with van der Waals surface area (Å²) in [5.74, 6) is 0.190. The number of rotatable bonds is 5. The van der Waals surface area contributed by atoms with Gasteiger partial charge in [0, 0.05) is 16.2 Å². The van der Waals surface area contributed by atoms with E-state index >= 15 is 0 Å². The molecule has 0 unspecified atom stereocenters. The summed E-state index contributed by atoms with van der Waals surface area (Å²) in [7, 11) is 0. The molecular formula is C22H17BrN4O3. The second kappa shape index (κ2) is 8.46. The van der Waals surface area contributed by atoms with Crippen molar-refractivity contribution in [1.29, 1.82) is 0 Å². The second-order valence-corrected chi connectivity index (χ2v) is 7.48. The first-order chi connectivity index (χ1) is 14.5. The molecule has 2 aromatic carbocycles. The lowest BCUT2D eigenvalue weighted by Gasteiger charge is -2.09. The van der Waals surface area contributed by atoms with E-state index in [0.29, 0.717) is 11.5 Å². The fourth-order valence-corrected chi connectivity index (χ4v) is 3.38. The molecule has 0 atom stereocenters. The van der Waals surface area contributed by atoms with E-state index in [1.54, 1.807) is 24.4 Å². The lowest BCUT2D eigenvalue weighted by molar-refractivity contribution is -0.116. The first kappa shape index (κ1) is 19.8. The second-order valence-electron chi connectivity index (χ2n) is 6.62. The standard InChI is InChI=1S/C22H17BrN4O3/c1-14-7-2-3-8-15(14)20-25-21(30-26-20)16-9-6-12-27(22(16)29)13-19(28)24-18-11-5-4-10-17(18)23/h2-12H,13H2,1H3,(H,24,28). The molecule has 0 aliphatic carbocycles. The van der Waals surface area contributed by atoms with E-state index in [1.165, 1.54) is 4.57 Å². The van der Waals surface area contributed by atoms with Gasteiger partial charge in [0.25, 0.3) is 11.4 Å². The predicted molar refractivity (Wildman–Crippen MR) is 117 cm³/mol. The summed E-state index contributed by atoms with van der Waals surface area (Å²) in [5.41, 5.74) is 2.31. The van der Waals surface area contributed by atoms with Gasteiger partial charge >= 0.3 is 0 Å². The summed E-state index contributed by atoms with van der Waals surface area (Å²) in [6.45, 7) is 1.80. The van der Waals surface area contributed by atoms with E-state index < -0.39 is 0 Å². The van der Waals surface area contributed by atoms with Crippen LogP contribution < -0.4 is 10.9 Å². The molecule has 0 spiro atoms. The van der Waals surface area contributed by atoms with Crippen molar-refractivity contribution in [1.82, 2.24) is 14.7 Å². The van der Waals surface area contributed by atoms with Gasteiger partial charge in [0.2, 0.25) is 11.7 Å². The van der Waals surface area contributed by atoms with Gasteiger partial charge in [0.1, 0.15) is 12.1 Å².